The molecular formula is C28H37N3. The Morgan fingerprint density at radius 2 is 1.19 bits per heavy atom. The molecule has 3 heteroatoms. The van der Waals surface area contributed by atoms with Crippen molar-refractivity contribution in [1.82, 2.24) is 0 Å². The van der Waals surface area contributed by atoms with E-state index in [1.807, 2.05) is 0 Å². The third kappa shape index (κ3) is 6.07. The lowest BCUT2D eigenvalue weighted by molar-refractivity contribution is 0.835. The van der Waals surface area contributed by atoms with Crippen LogP contribution in [0.15, 0.2) is 53.2 Å². The first-order valence-corrected chi connectivity index (χ1v) is 11.3. The predicted molar refractivity (Wildman–Crippen MR) is 135 cm³/mol. The second kappa shape index (κ2) is 11.0. The van der Waals surface area contributed by atoms with Crippen LogP contribution in [0, 0.1) is 11.3 Å². The Hall–Kier alpha value is -2.86. The first-order valence-electron chi connectivity index (χ1n) is 11.3. The Kier molecular flexibility index (Phi) is 8.63. The summed E-state index contributed by atoms with van der Waals surface area (Å²) in [4.78, 5) is 4.79. The van der Waals surface area contributed by atoms with Crippen molar-refractivity contribution >= 4 is 17.6 Å². The van der Waals surface area contributed by atoms with E-state index in [1.165, 1.54) is 22.3 Å². The van der Waals surface area contributed by atoms with Gasteiger partial charge in [-0.3, -0.25) is 4.99 Å². The molecular weight excluding hydrogens is 378 g/mol. The minimum Gasteiger partial charge on any atom is -0.360 e. The first-order chi connectivity index (χ1) is 14.7. The van der Waals surface area contributed by atoms with Gasteiger partial charge in [-0.15, -0.1) is 0 Å². The van der Waals surface area contributed by atoms with Crippen LogP contribution in [-0.4, -0.2) is 6.21 Å². The van der Waals surface area contributed by atoms with Gasteiger partial charge in [-0.05, 0) is 45.9 Å². The number of benzene rings is 2. The molecule has 0 aliphatic rings. The Balaban J connectivity index is 2.45. The van der Waals surface area contributed by atoms with Gasteiger partial charge in [-0.25, -0.2) is 0 Å². The number of para-hydroxylation sites is 2. The second-order valence-corrected chi connectivity index (χ2v) is 9.33. The zero-order valence-electron chi connectivity index (χ0n) is 20.3. The maximum absolute atomic E-state index is 9.75. The summed E-state index contributed by atoms with van der Waals surface area (Å²) in [6.07, 6.45) is 3.47. The molecule has 0 radical (unpaired) electrons. The van der Waals surface area contributed by atoms with E-state index in [9.17, 15) is 5.26 Å². The fourth-order valence-electron chi connectivity index (χ4n) is 3.76. The van der Waals surface area contributed by atoms with E-state index >= 15 is 0 Å². The van der Waals surface area contributed by atoms with Crippen LogP contribution in [-0.2, 0) is 0 Å². The van der Waals surface area contributed by atoms with Gasteiger partial charge >= 0.3 is 0 Å². The molecule has 0 unspecified atom stereocenters. The zero-order valence-corrected chi connectivity index (χ0v) is 20.3. The number of anilines is 1. The molecule has 0 spiro atoms. The highest BCUT2D eigenvalue weighted by molar-refractivity contribution is 5.87. The van der Waals surface area contributed by atoms with Gasteiger partial charge in [0.25, 0.3) is 0 Å². The Morgan fingerprint density at radius 1 is 0.774 bits per heavy atom. The van der Waals surface area contributed by atoms with Crippen molar-refractivity contribution in [1.29, 1.82) is 5.26 Å². The Bertz CT molecular complexity index is 933. The van der Waals surface area contributed by atoms with Gasteiger partial charge < -0.3 is 5.32 Å². The Morgan fingerprint density at radius 3 is 1.58 bits per heavy atom. The summed E-state index contributed by atoms with van der Waals surface area (Å²) in [6, 6.07) is 15.1. The zero-order chi connectivity index (χ0) is 23.1. The molecule has 0 amide bonds. The van der Waals surface area contributed by atoms with E-state index in [1.54, 1.807) is 12.4 Å². The predicted octanol–water partition coefficient (Wildman–Crippen LogP) is 8.40. The third-order valence-corrected chi connectivity index (χ3v) is 5.55. The maximum Gasteiger partial charge on any atom is 0.102 e. The molecule has 31 heavy (non-hydrogen) atoms. The third-order valence-electron chi connectivity index (χ3n) is 5.55. The molecule has 0 fully saturated rings. The Labute approximate surface area is 188 Å². The summed E-state index contributed by atoms with van der Waals surface area (Å²) in [5, 5.41) is 13.2. The molecule has 164 valence electrons. The lowest BCUT2D eigenvalue weighted by atomic mass is 9.92. The first kappa shape index (κ1) is 24.4. The highest BCUT2D eigenvalue weighted by atomic mass is 14.9. The van der Waals surface area contributed by atoms with Crippen LogP contribution < -0.4 is 5.32 Å². The van der Waals surface area contributed by atoms with Crippen LogP contribution in [0.3, 0.4) is 0 Å². The average molecular weight is 416 g/mol. The lowest BCUT2D eigenvalue weighted by Gasteiger charge is -2.19. The largest absolute Gasteiger partial charge is 0.360 e. The molecule has 0 aromatic heterocycles. The van der Waals surface area contributed by atoms with E-state index in [2.05, 4.69) is 103 Å². The summed E-state index contributed by atoms with van der Waals surface area (Å²) in [5.41, 5.74) is 7.51. The van der Waals surface area contributed by atoms with Crippen molar-refractivity contribution in [3.05, 3.63) is 70.4 Å². The summed E-state index contributed by atoms with van der Waals surface area (Å²) >= 11 is 0. The summed E-state index contributed by atoms with van der Waals surface area (Å²) in [6.45, 7) is 17.5. The maximum atomic E-state index is 9.75. The van der Waals surface area contributed by atoms with Crippen LogP contribution in [0.2, 0.25) is 0 Å². The summed E-state index contributed by atoms with van der Waals surface area (Å²) in [7, 11) is 0. The quantitative estimate of drug-likeness (QED) is 0.347. The van der Waals surface area contributed by atoms with Gasteiger partial charge in [0, 0.05) is 18.1 Å². The molecule has 1 N–H and O–H groups in total. The van der Waals surface area contributed by atoms with Crippen LogP contribution in [0.4, 0.5) is 11.4 Å². The van der Waals surface area contributed by atoms with E-state index in [0.717, 1.165) is 11.4 Å². The van der Waals surface area contributed by atoms with Crippen LogP contribution >= 0.6 is 0 Å². The van der Waals surface area contributed by atoms with Gasteiger partial charge in [-0.2, -0.15) is 5.26 Å². The number of rotatable bonds is 8. The average Bonchev–Trinajstić information content (AvgIpc) is 2.72. The van der Waals surface area contributed by atoms with Gasteiger partial charge in [0.1, 0.15) is 6.07 Å². The molecule has 2 rings (SSSR count). The normalized spacial score (nSPS) is 12.4. The van der Waals surface area contributed by atoms with Crippen LogP contribution in [0.25, 0.3) is 0 Å². The SMILES string of the molecule is CC(C)c1cccc(C(C)C)c1N=C/C(C#N)=C\Nc1c(C(C)C)cccc1C(C)C. The number of aliphatic imine (C=N–C) groups is 1. The molecule has 0 atom stereocenters. The fraction of sp³-hybridized carbons (Fsp3) is 0.429. The minimum absolute atomic E-state index is 0.366. The highest BCUT2D eigenvalue weighted by Gasteiger charge is 2.14. The van der Waals surface area contributed by atoms with Gasteiger partial charge in [0.05, 0.1) is 11.3 Å². The molecule has 0 aliphatic carbocycles. The minimum atomic E-state index is 0.366. The number of nitrogens with zero attached hydrogens (tertiary/aromatic N) is 2. The van der Waals surface area contributed by atoms with Crippen molar-refractivity contribution in [2.24, 2.45) is 4.99 Å². The van der Waals surface area contributed by atoms with E-state index in [4.69, 9.17) is 4.99 Å². The van der Waals surface area contributed by atoms with Crippen molar-refractivity contribution in [3.8, 4) is 6.07 Å². The topological polar surface area (TPSA) is 48.2 Å². The monoisotopic (exact) mass is 415 g/mol. The van der Waals surface area contributed by atoms with E-state index in [0.29, 0.717) is 29.2 Å². The summed E-state index contributed by atoms with van der Waals surface area (Å²) in [5.74, 6) is 1.51. The van der Waals surface area contributed by atoms with Crippen LogP contribution in [0.1, 0.15) is 101 Å². The standard InChI is InChI=1S/C28H37N3/c1-18(2)23-11-9-12-24(19(3)4)27(23)30-16-22(15-29)17-31-28-25(20(5)6)13-10-14-26(28)21(7)8/h9-14,16-21,30H,1-8H3/b22-16-,31-17?. The van der Waals surface area contributed by atoms with Gasteiger partial charge in [-0.1, -0.05) is 91.8 Å². The molecule has 3 nitrogen and oxygen atoms in total. The molecule has 0 saturated carbocycles. The molecule has 0 bridgehead atoms. The van der Waals surface area contributed by atoms with E-state index < -0.39 is 0 Å². The van der Waals surface area contributed by atoms with Crippen molar-refractivity contribution in [2.45, 2.75) is 79.1 Å². The smallest absolute Gasteiger partial charge is 0.102 e. The number of nitriles is 1. The number of hydrogen-bond donors (Lipinski definition) is 1. The molecule has 0 saturated heterocycles. The van der Waals surface area contributed by atoms with Crippen molar-refractivity contribution in [2.75, 3.05) is 5.32 Å². The molecule has 2 aromatic rings. The van der Waals surface area contributed by atoms with Crippen molar-refractivity contribution in [3.63, 3.8) is 0 Å². The van der Waals surface area contributed by atoms with Gasteiger partial charge in [0.2, 0.25) is 0 Å². The number of allylic oxidation sites excluding steroid dienone is 1. The highest BCUT2D eigenvalue weighted by Crippen LogP contribution is 2.35. The van der Waals surface area contributed by atoms with Gasteiger partial charge in [0.15, 0.2) is 0 Å². The van der Waals surface area contributed by atoms with E-state index in [-0.39, 0.29) is 0 Å². The number of hydrogen-bond acceptors (Lipinski definition) is 3. The second-order valence-electron chi connectivity index (χ2n) is 9.33. The fourth-order valence-corrected chi connectivity index (χ4v) is 3.76. The lowest BCUT2D eigenvalue weighted by Crippen LogP contribution is -2.04. The van der Waals surface area contributed by atoms with Crippen LogP contribution in [0.5, 0.6) is 0 Å². The molecule has 2 aromatic carbocycles. The van der Waals surface area contributed by atoms with Crippen molar-refractivity contribution < 1.29 is 0 Å². The molecule has 0 heterocycles. The number of nitrogens with one attached hydrogen (secondary N) is 1. The summed E-state index contributed by atoms with van der Waals surface area (Å²) < 4.78 is 0. The molecule has 0 aliphatic heterocycles.